The van der Waals surface area contributed by atoms with Gasteiger partial charge >= 0.3 is 6.18 Å². The summed E-state index contributed by atoms with van der Waals surface area (Å²) in [4.78, 5) is 21.1. The smallest absolute Gasteiger partial charge is 0.345 e. The van der Waals surface area contributed by atoms with Crippen molar-refractivity contribution < 1.29 is 18.0 Å². The Bertz CT molecular complexity index is 1090. The second kappa shape index (κ2) is 9.46. The van der Waals surface area contributed by atoms with Gasteiger partial charge in [-0.1, -0.05) is 29.8 Å². The largest absolute Gasteiger partial charge is 0.416 e. The van der Waals surface area contributed by atoms with E-state index in [9.17, 15) is 18.0 Å². The molecule has 1 fully saturated rings. The van der Waals surface area contributed by atoms with Crippen LogP contribution in [0.3, 0.4) is 0 Å². The molecule has 10 heteroatoms. The Kier molecular flexibility index (Phi) is 6.66. The van der Waals surface area contributed by atoms with E-state index in [-0.39, 0.29) is 5.56 Å². The zero-order valence-electron chi connectivity index (χ0n) is 17.0. The lowest BCUT2D eigenvalue weighted by molar-refractivity contribution is -0.137. The third-order valence-electron chi connectivity index (χ3n) is 5.22. The maximum atomic E-state index is 13.0. The minimum Gasteiger partial charge on any atom is -0.345 e. The summed E-state index contributed by atoms with van der Waals surface area (Å²) in [5, 5.41) is 1.46. The third-order valence-corrected chi connectivity index (χ3v) is 6.29. The molecule has 0 saturated carbocycles. The Morgan fingerprint density at radius 2 is 1.84 bits per heavy atom. The van der Waals surface area contributed by atoms with Gasteiger partial charge < -0.3 is 9.80 Å². The van der Waals surface area contributed by atoms with Crippen LogP contribution in [0.4, 0.5) is 18.3 Å². The van der Waals surface area contributed by atoms with E-state index in [1.54, 1.807) is 4.90 Å². The molecule has 2 heterocycles. The molecule has 0 N–H and O–H groups in total. The van der Waals surface area contributed by atoms with Crippen LogP contribution in [0, 0.1) is 0 Å². The normalized spacial score (nSPS) is 15.0. The van der Waals surface area contributed by atoms with E-state index in [1.807, 2.05) is 24.3 Å². The molecule has 1 aliphatic heterocycles. The number of carbonyl (C=O) groups excluding carboxylic acids is 1. The van der Waals surface area contributed by atoms with E-state index in [4.69, 9.17) is 11.6 Å². The van der Waals surface area contributed by atoms with Crippen molar-refractivity contribution in [3.8, 4) is 0 Å². The van der Waals surface area contributed by atoms with Crippen LogP contribution in [0.5, 0.6) is 0 Å². The van der Waals surface area contributed by atoms with Gasteiger partial charge in [-0.2, -0.15) is 17.5 Å². The predicted molar refractivity (Wildman–Crippen MR) is 118 cm³/mol. The van der Waals surface area contributed by atoms with Gasteiger partial charge in [-0.3, -0.25) is 4.79 Å². The summed E-state index contributed by atoms with van der Waals surface area (Å²) in [6.45, 7) is 2.12. The highest BCUT2D eigenvalue weighted by Crippen LogP contribution is 2.30. The fourth-order valence-corrected chi connectivity index (χ4v) is 4.42. The Hall–Kier alpha value is -2.65. The van der Waals surface area contributed by atoms with Gasteiger partial charge in [0.2, 0.25) is 5.13 Å². The number of aromatic nitrogens is 2. The van der Waals surface area contributed by atoms with Crippen LogP contribution in [0.2, 0.25) is 5.02 Å². The minimum atomic E-state index is -4.48. The number of halogens is 4. The summed E-state index contributed by atoms with van der Waals surface area (Å²) in [6, 6.07) is 12.1. The van der Waals surface area contributed by atoms with E-state index in [0.29, 0.717) is 49.9 Å². The number of nitrogens with zero attached hydrogens (tertiary/aromatic N) is 4. The first kappa shape index (κ1) is 22.5. The van der Waals surface area contributed by atoms with Crippen LogP contribution in [0.25, 0.3) is 0 Å². The molecule has 0 unspecified atom stereocenters. The van der Waals surface area contributed by atoms with Crippen LogP contribution in [-0.2, 0) is 12.6 Å². The lowest BCUT2D eigenvalue weighted by Gasteiger charge is -2.22. The average molecular weight is 481 g/mol. The van der Waals surface area contributed by atoms with Gasteiger partial charge in [0.1, 0.15) is 5.82 Å². The van der Waals surface area contributed by atoms with Crippen molar-refractivity contribution in [3.63, 3.8) is 0 Å². The molecule has 0 atom stereocenters. The number of benzene rings is 2. The number of hydrogen-bond acceptors (Lipinski definition) is 5. The number of anilines is 1. The SMILES string of the molecule is O=C(c1cccc(C(F)(F)F)c1)N1CCCN(c2nc(Cc3ccc(Cl)cc3)ns2)CC1. The zero-order chi connectivity index (χ0) is 22.7. The molecule has 1 saturated heterocycles. The molecule has 0 spiro atoms. The number of amides is 1. The van der Waals surface area contributed by atoms with Crippen LogP contribution < -0.4 is 4.90 Å². The second-order valence-corrected chi connectivity index (χ2v) is 8.67. The molecule has 2 aromatic carbocycles. The monoisotopic (exact) mass is 480 g/mol. The first-order valence-corrected chi connectivity index (χ1v) is 11.2. The third kappa shape index (κ3) is 5.39. The fraction of sp³-hybridized carbons (Fsp3) is 0.318. The molecule has 32 heavy (non-hydrogen) atoms. The standard InChI is InChI=1S/C22H20ClF3N4OS/c23-18-7-5-15(6-8-18)13-19-27-21(32-28-19)30-10-2-9-29(11-12-30)20(31)16-3-1-4-17(14-16)22(24,25)26/h1,3-8,14H,2,9-13H2. The number of carbonyl (C=O) groups is 1. The average Bonchev–Trinajstić information content (AvgIpc) is 3.09. The second-order valence-electron chi connectivity index (χ2n) is 7.51. The summed E-state index contributed by atoms with van der Waals surface area (Å²) in [5.41, 5.74) is 0.295. The molecule has 4 rings (SSSR count). The van der Waals surface area contributed by atoms with Gasteiger partial charge in [-0.25, -0.2) is 4.98 Å². The predicted octanol–water partition coefficient (Wildman–Crippen LogP) is 5.15. The van der Waals surface area contributed by atoms with Gasteiger partial charge in [0.25, 0.3) is 5.91 Å². The maximum absolute atomic E-state index is 13.0. The van der Waals surface area contributed by atoms with Gasteiger partial charge in [-0.15, -0.1) is 0 Å². The van der Waals surface area contributed by atoms with E-state index >= 15 is 0 Å². The van der Waals surface area contributed by atoms with Crippen molar-refractivity contribution in [2.75, 3.05) is 31.1 Å². The minimum absolute atomic E-state index is 0.0504. The van der Waals surface area contributed by atoms with Crippen LogP contribution in [-0.4, -0.2) is 46.3 Å². The Morgan fingerprint density at radius 3 is 2.59 bits per heavy atom. The Labute approximate surface area is 192 Å². The van der Waals surface area contributed by atoms with Crippen molar-refractivity contribution in [2.45, 2.75) is 19.0 Å². The lowest BCUT2D eigenvalue weighted by Crippen LogP contribution is -2.35. The molecule has 0 radical (unpaired) electrons. The van der Waals surface area contributed by atoms with Gasteiger partial charge in [-0.05, 0) is 42.3 Å². The van der Waals surface area contributed by atoms with E-state index < -0.39 is 17.6 Å². The summed E-state index contributed by atoms with van der Waals surface area (Å²) in [6.07, 6.45) is -3.19. The highest BCUT2D eigenvalue weighted by Gasteiger charge is 2.31. The van der Waals surface area contributed by atoms with Crippen molar-refractivity contribution in [1.29, 1.82) is 0 Å². The van der Waals surface area contributed by atoms with E-state index in [2.05, 4.69) is 14.3 Å². The maximum Gasteiger partial charge on any atom is 0.416 e. The van der Waals surface area contributed by atoms with Crippen LogP contribution in [0.15, 0.2) is 48.5 Å². The fourth-order valence-electron chi connectivity index (χ4n) is 3.55. The quantitative estimate of drug-likeness (QED) is 0.518. The zero-order valence-corrected chi connectivity index (χ0v) is 18.6. The van der Waals surface area contributed by atoms with Crippen molar-refractivity contribution in [3.05, 3.63) is 76.1 Å². The molecule has 0 aliphatic carbocycles. The molecule has 1 aliphatic rings. The topological polar surface area (TPSA) is 49.3 Å². The number of rotatable bonds is 4. The van der Waals surface area contributed by atoms with E-state index in [0.717, 1.165) is 22.8 Å². The summed E-state index contributed by atoms with van der Waals surface area (Å²) in [7, 11) is 0. The number of alkyl halides is 3. The highest BCUT2D eigenvalue weighted by molar-refractivity contribution is 7.09. The first-order chi connectivity index (χ1) is 15.3. The molecular formula is C22H20ClF3N4OS. The Balaban J connectivity index is 1.40. The molecule has 5 nitrogen and oxygen atoms in total. The lowest BCUT2D eigenvalue weighted by atomic mass is 10.1. The van der Waals surface area contributed by atoms with Crippen molar-refractivity contribution in [2.24, 2.45) is 0 Å². The van der Waals surface area contributed by atoms with Crippen LogP contribution in [0.1, 0.15) is 33.7 Å². The van der Waals surface area contributed by atoms with E-state index in [1.165, 1.54) is 23.7 Å². The van der Waals surface area contributed by atoms with Gasteiger partial charge in [0.05, 0.1) is 5.56 Å². The van der Waals surface area contributed by atoms with Crippen molar-refractivity contribution >= 4 is 34.2 Å². The molecule has 0 bridgehead atoms. The summed E-state index contributed by atoms with van der Waals surface area (Å²) >= 11 is 7.23. The molecule has 1 amide bonds. The van der Waals surface area contributed by atoms with Crippen molar-refractivity contribution in [1.82, 2.24) is 14.3 Å². The number of hydrogen-bond donors (Lipinski definition) is 0. The van der Waals surface area contributed by atoms with Gasteiger partial charge in [0.15, 0.2) is 0 Å². The molecule has 3 aromatic rings. The summed E-state index contributed by atoms with van der Waals surface area (Å²) in [5.74, 6) is 0.326. The molecule has 1 aromatic heterocycles. The van der Waals surface area contributed by atoms with Gasteiger partial charge in [0, 0.05) is 54.7 Å². The Morgan fingerprint density at radius 1 is 1.06 bits per heavy atom. The van der Waals surface area contributed by atoms with Crippen LogP contribution >= 0.6 is 23.1 Å². The first-order valence-electron chi connectivity index (χ1n) is 10.1. The molecule has 168 valence electrons. The molecular weight excluding hydrogens is 461 g/mol. The highest BCUT2D eigenvalue weighted by atomic mass is 35.5. The summed E-state index contributed by atoms with van der Waals surface area (Å²) < 4.78 is 43.4.